The Kier molecular flexibility index (Phi) is 6.66. The van der Waals surface area contributed by atoms with E-state index in [2.05, 4.69) is 6.92 Å². The van der Waals surface area contributed by atoms with E-state index in [1.165, 1.54) is 6.08 Å². The molecule has 4 heteroatoms. The average Bonchev–Trinajstić information content (AvgIpc) is 2.46. The highest BCUT2D eigenvalue weighted by molar-refractivity contribution is 5.95. The standard InChI is InChI=1S/C17H23NO3/c1-4-6-11-18(5-2)17(21)15-8-7-13(3)14(12-15)9-10-16(19)20/h7-10,12H,4-6,11H2,1-3H3,(H,19,20)/b10-9+. The van der Waals surface area contributed by atoms with Crippen LogP contribution in [-0.4, -0.2) is 35.0 Å². The molecule has 0 radical (unpaired) electrons. The first kappa shape index (κ1) is 17.0. The van der Waals surface area contributed by atoms with Gasteiger partial charge in [0.1, 0.15) is 0 Å². The molecular formula is C17H23NO3. The van der Waals surface area contributed by atoms with Crippen LogP contribution in [-0.2, 0) is 4.79 Å². The predicted molar refractivity (Wildman–Crippen MR) is 84.3 cm³/mol. The number of hydrogen-bond donors (Lipinski definition) is 1. The van der Waals surface area contributed by atoms with Gasteiger partial charge in [-0.1, -0.05) is 19.4 Å². The van der Waals surface area contributed by atoms with E-state index >= 15 is 0 Å². The minimum Gasteiger partial charge on any atom is -0.478 e. The molecule has 0 saturated heterocycles. The summed E-state index contributed by atoms with van der Waals surface area (Å²) in [7, 11) is 0. The number of hydrogen-bond acceptors (Lipinski definition) is 2. The van der Waals surface area contributed by atoms with Crippen molar-refractivity contribution in [2.24, 2.45) is 0 Å². The number of aliphatic carboxylic acids is 1. The van der Waals surface area contributed by atoms with Gasteiger partial charge in [-0.05, 0) is 49.6 Å². The van der Waals surface area contributed by atoms with E-state index in [9.17, 15) is 9.59 Å². The summed E-state index contributed by atoms with van der Waals surface area (Å²) in [5.74, 6) is -1.000. The van der Waals surface area contributed by atoms with Crippen molar-refractivity contribution in [1.82, 2.24) is 4.90 Å². The smallest absolute Gasteiger partial charge is 0.328 e. The normalized spacial score (nSPS) is 10.8. The monoisotopic (exact) mass is 289 g/mol. The van der Waals surface area contributed by atoms with Gasteiger partial charge >= 0.3 is 5.97 Å². The first-order valence-electron chi connectivity index (χ1n) is 7.30. The van der Waals surface area contributed by atoms with Gasteiger partial charge in [-0.15, -0.1) is 0 Å². The zero-order valence-corrected chi connectivity index (χ0v) is 12.9. The van der Waals surface area contributed by atoms with Crippen LogP contribution in [0.2, 0.25) is 0 Å². The van der Waals surface area contributed by atoms with E-state index in [0.717, 1.165) is 36.6 Å². The molecule has 1 amide bonds. The summed E-state index contributed by atoms with van der Waals surface area (Å²) in [6.07, 6.45) is 4.64. The molecule has 1 aromatic carbocycles. The molecule has 0 aliphatic heterocycles. The number of carboxylic acids is 1. The highest BCUT2D eigenvalue weighted by Crippen LogP contribution is 2.15. The number of benzene rings is 1. The quantitative estimate of drug-likeness (QED) is 0.783. The second kappa shape index (κ2) is 8.25. The van der Waals surface area contributed by atoms with E-state index in [0.29, 0.717) is 12.1 Å². The molecule has 0 saturated carbocycles. The van der Waals surface area contributed by atoms with Crippen LogP contribution in [0.3, 0.4) is 0 Å². The van der Waals surface area contributed by atoms with Gasteiger partial charge in [-0.3, -0.25) is 4.79 Å². The maximum atomic E-state index is 12.5. The fraction of sp³-hybridized carbons (Fsp3) is 0.412. The molecule has 0 aliphatic carbocycles. The molecule has 0 atom stereocenters. The minimum atomic E-state index is -0.996. The number of carbonyl (C=O) groups excluding carboxylic acids is 1. The molecule has 0 aromatic heterocycles. The summed E-state index contributed by atoms with van der Waals surface area (Å²) in [5, 5.41) is 8.71. The Hall–Kier alpha value is -2.10. The Morgan fingerprint density at radius 1 is 1.29 bits per heavy atom. The summed E-state index contributed by atoms with van der Waals surface area (Å²) in [4.78, 5) is 24.9. The van der Waals surface area contributed by atoms with Crippen LogP contribution in [0.1, 0.15) is 48.2 Å². The molecule has 1 N–H and O–H groups in total. The topological polar surface area (TPSA) is 57.6 Å². The van der Waals surface area contributed by atoms with Gasteiger partial charge in [-0.25, -0.2) is 4.79 Å². The Morgan fingerprint density at radius 3 is 2.57 bits per heavy atom. The lowest BCUT2D eigenvalue weighted by Crippen LogP contribution is -2.31. The Labute approximate surface area is 126 Å². The van der Waals surface area contributed by atoms with Crippen molar-refractivity contribution in [2.45, 2.75) is 33.6 Å². The number of nitrogens with zero attached hydrogens (tertiary/aromatic N) is 1. The molecule has 0 fully saturated rings. The Balaban J connectivity index is 2.99. The number of amides is 1. The number of carbonyl (C=O) groups is 2. The van der Waals surface area contributed by atoms with Crippen LogP contribution in [0.4, 0.5) is 0 Å². The highest BCUT2D eigenvalue weighted by Gasteiger charge is 2.14. The molecule has 0 heterocycles. The summed E-state index contributed by atoms with van der Waals surface area (Å²) in [5.41, 5.74) is 2.30. The van der Waals surface area contributed by atoms with Crippen molar-refractivity contribution in [2.75, 3.05) is 13.1 Å². The lowest BCUT2D eigenvalue weighted by molar-refractivity contribution is -0.131. The van der Waals surface area contributed by atoms with Crippen molar-refractivity contribution in [3.05, 3.63) is 41.0 Å². The molecular weight excluding hydrogens is 266 g/mol. The van der Waals surface area contributed by atoms with Crippen molar-refractivity contribution < 1.29 is 14.7 Å². The van der Waals surface area contributed by atoms with Crippen molar-refractivity contribution in [3.8, 4) is 0 Å². The molecule has 1 aromatic rings. The Morgan fingerprint density at radius 2 is 2.00 bits per heavy atom. The van der Waals surface area contributed by atoms with Gasteiger partial charge < -0.3 is 10.0 Å². The van der Waals surface area contributed by atoms with Gasteiger partial charge in [0, 0.05) is 24.7 Å². The SMILES string of the molecule is CCCCN(CC)C(=O)c1ccc(C)c(/C=C/C(=O)O)c1. The van der Waals surface area contributed by atoms with E-state index in [4.69, 9.17) is 5.11 Å². The van der Waals surface area contributed by atoms with Crippen molar-refractivity contribution in [3.63, 3.8) is 0 Å². The van der Waals surface area contributed by atoms with Crippen molar-refractivity contribution >= 4 is 18.0 Å². The fourth-order valence-electron chi connectivity index (χ4n) is 2.05. The van der Waals surface area contributed by atoms with Crippen LogP contribution < -0.4 is 0 Å². The summed E-state index contributed by atoms with van der Waals surface area (Å²) in [6.45, 7) is 7.38. The summed E-state index contributed by atoms with van der Waals surface area (Å²) < 4.78 is 0. The fourth-order valence-corrected chi connectivity index (χ4v) is 2.05. The number of aryl methyl sites for hydroxylation is 1. The molecule has 0 spiro atoms. The molecule has 1 rings (SSSR count). The second-order valence-electron chi connectivity index (χ2n) is 4.98. The average molecular weight is 289 g/mol. The van der Waals surface area contributed by atoms with E-state index < -0.39 is 5.97 Å². The van der Waals surface area contributed by atoms with Gasteiger partial charge in [-0.2, -0.15) is 0 Å². The molecule has 0 bridgehead atoms. The zero-order chi connectivity index (χ0) is 15.8. The lowest BCUT2D eigenvalue weighted by atomic mass is 10.0. The molecule has 114 valence electrons. The third-order valence-electron chi connectivity index (χ3n) is 3.38. The molecule has 21 heavy (non-hydrogen) atoms. The molecule has 0 unspecified atom stereocenters. The van der Waals surface area contributed by atoms with Crippen LogP contribution >= 0.6 is 0 Å². The van der Waals surface area contributed by atoms with Gasteiger partial charge in [0.05, 0.1) is 0 Å². The van der Waals surface area contributed by atoms with Crippen molar-refractivity contribution in [1.29, 1.82) is 0 Å². The lowest BCUT2D eigenvalue weighted by Gasteiger charge is -2.21. The maximum absolute atomic E-state index is 12.5. The molecule has 0 aliphatic rings. The summed E-state index contributed by atoms with van der Waals surface area (Å²) >= 11 is 0. The zero-order valence-electron chi connectivity index (χ0n) is 12.9. The largest absolute Gasteiger partial charge is 0.478 e. The van der Waals surface area contributed by atoms with Gasteiger partial charge in [0.25, 0.3) is 5.91 Å². The first-order chi connectivity index (χ1) is 9.99. The molecule has 4 nitrogen and oxygen atoms in total. The second-order valence-corrected chi connectivity index (χ2v) is 4.98. The van der Waals surface area contributed by atoms with Crippen LogP contribution in [0.5, 0.6) is 0 Å². The van der Waals surface area contributed by atoms with E-state index in [1.807, 2.05) is 24.8 Å². The van der Waals surface area contributed by atoms with E-state index in [1.54, 1.807) is 12.1 Å². The van der Waals surface area contributed by atoms with Crippen LogP contribution in [0, 0.1) is 6.92 Å². The third-order valence-corrected chi connectivity index (χ3v) is 3.38. The van der Waals surface area contributed by atoms with Crippen LogP contribution in [0.25, 0.3) is 6.08 Å². The minimum absolute atomic E-state index is 0.00377. The van der Waals surface area contributed by atoms with Gasteiger partial charge in [0.15, 0.2) is 0 Å². The van der Waals surface area contributed by atoms with E-state index in [-0.39, 0.29) is 5.91 Å². The van der Waals surface area contributed by atoms with Crippen LogP contribution in [0.15, 0.2) is 24.3 Å². The number of rotatable bonds is 7. The maximum Gasteiger partial charge on any atom is 0.328 e. The predicted octanol–water partition coefficient (Wildman–Crippen LogP) is 3.36. The van der Waals surface area contributed by atoms with Gasteiger partial charge in [0.2, 0.25) is 0 Å². The first-order valence-corrected chi connectivity index (χ1v) is 7.30. The third kappa shape index (κ3) is 5.06. The number of unbranched alkanes of at least 4 members (excludes halogenated alkanes) is 1. The number of carboxylic acid groups (broad SMARTS) is 1. The summed E-state index contributed by atoms with van der Waals surface area (Å²) in [6, 6.07) is 5.40. The highest BCUT2D eigenvalue weighted by atomic mass is 16.4. The Bertz CT molecular complexity index is 535.